The summed E-state index contributed by atoms with van der Waals surface area (Å²) in [5.41, 5.74) is 44.1. The number of anilines is 3. The van der Waals surface area contributed by atoms with Crippen molar-refractivity contribution in [1.82, 2.24) is 40.0 Å². The number of nitrogens with one attached hydrogen (secondary N) is 2. The molecule has 3 aromatic heterocycles. The van der Waals surface area contributed by atoms with Crippen LogP contribution in [0.1, 0.15) is 185 Å². The molecule has 0 aliphatic carbocycles. The van der Waals surface area contributed by atoms with Crippen LogP contribution < -0.4 is 65.0 Å². The molecule has 0 aliphatic heterocycles. The molecule has 0 radical (unpaired) electrons. The third kappa shape index (κ3) is 16.5. The second kappa shape index (κ2) is 31.5. The Hall–Kier alpha value is -10.5. The fourth-order valence-electron chi connectivity index (χ4n) is 9.67. The number of nitrogen functional groups attached to an aromatic ring is 3. The number of carbonyl (C=O) groups excluding carboxylic acids is 5. The number of aryl methyl sites for hydroxylation is 2. The second-order valence-electron chi connectivity index (χ2n) is 21.8. The summed E-state index contributed by atoms with van der Waals surface area (Å²) in [6.07, 6.45) is 0. The van der Waals surface area contributed by atoms with Crippen molar-refractivity contribution in [2.24, 2.45) is 22.9 Å². The molecule has 28 heteroatoms. The molecule has 498 valence electrons. The maximum Gasteiger partial charge on any atom is 0.269 e. The lowest BCUT2D eigenvalue weighted by atomic mass is 10.1. The standard InChI is InChI=1S/2C24H27F2N5O3.C16H22FN5O2.CH4/c2*1-5-34-18-9-14(11-29-24(33)16-10-15(25)7-6-13(16)4)8-17(26)21(18)31-22(23(28)32)19(27)20(30-31)12(2)3;1-4-24-11-6-9(7-18)5-10(17)14(11)22-15(16(20)23)12(19)13(21-22)8(2)3;/h2*6-10,12H,5,11,27H2,1-4H3,(H2,28,32)(H,29,33);5-6,8H,4,7,18-19H2,1-3H3,(H2,20,23);1H4. The van der Waals surface area contributed by atoms with Gasteiger partial charge in [0.15, 0.2) is 34.5 Å². The first kappa shape index (κ1) is 73.2. The van der Waals surface area contributed by atoms with Crippen LogP contribution in [0.25, 0.3) is 17.1 Å². The summed E-state index contributed by atoms with van der Waals surface area (Å²) in [7, 11) is 0. The Balaban J connectivity index is 0.000000256. The largest absolute Gasteiger partial charge is 0.491 e. The van der Waals surface area contributed by atoms with Gasteiger partial charge in [0.05, 0.1) is 54.0 Å². The van der Waals surface area contributed by atoms with Gasteiger partial charge in [0, 0.05) is 30.8 Å². The van der Waals surface area contributed by atoms with Gasteiger partial charge in [0.2, 0.25) is 0 Å². The van der Waals surface area contributed by atoms with Gasteiger partial charge in [-0.2, -0.15) is 15.3 Å². The number of nitrogens with two attached hydrogens (primary N) is 7. The number of amides is 5. The summed E-state index contributed by atoms with van der Waals surface area (Å²) in [6, 6.07) is 16.1. The number of carbonyl (C=O) groups is 5. The van der Waals surface area contributed by atoms with Crippen molar-refractivity contribution >= 4 is 46.6 Å². The van der Waals surface area contributed by atoms with Crippen molar-refractivity contribution in [3.05, 3.63) is 175 Å². The van der Waals surface area contributed by atoms with Crippen LogP contribution >= 0.6 is 0 Å². The van der Waals surface area contributed by atoms with Gasteiger partial charge in [0.1, 0.15) is 45.9 Å². The van der Waals surface area contributed by atoms with E-state index in [1.165, 1.54) is 54.6 Å². The van der Waals surface area contributed by atoms with Crippen LogP contribution in [0.15, 0.2) is 72.8 Å². The van der Waals surface area contributed by atoms with Gasteiger partial charge >= 0.3 is 0 Å². The Morgan fingerprint density at radius 2 is 0.753 bits per heavy atom. The van der Waals surface area contributed by atoms with Crippen LogP contribution in [0.4, 0.5) is 39.0 Å². The fourth-order valence-corrected chi connectivity index (χ4v) is 9.67. The molecule has 0 saturated heterocycles. The van der Waals surface area contributed by atoms with Crippen LogP contribution in [-0.4, -0.2) is 78.7 Å². The molecule has 5 amide bonds. The normalized spacial score (nSPS) is 10.9. The number of primary amides is 3. The molecular weight excluding hydrogens is 1210 g/mol. The summed E-state index contributed by atoms with van der Waals surface area (Å²) in [6.45, 7) is 20.4. The maximum absolute atomic E-state index is 15.4. The van der Waals surface area contributed by atoms with Crippen molar-refractivity contribution in [2.75, 3.05) is 37.0 Å². The monoisotopic (exact) mass is 1290 g/mol. The molecular formula is C65H80F5N15O8. The Bertz CT molecular complexity index is 3890. The van der Waals surface area contributed by atoms with Gasteiger partial charge in [-0.05, 0) is 141 Å². The average molecular weight is 1290 g/mol. The molecule has 0 unspecified atom stereocenters. The zero-order valence-corrected chi connectivity index (χ0v) is 52.8. The quantitative estimate of drug-likeness (QED) is 0.0285. The van der Waals surface area contributed by atoms with Crippen LogP contribution in [-0.2, 0) is 19.6 Å². The number of benzene rings is 5. The van der Waals surface area contributed by atoms with Crippen LogP contribution in [0.2, 0.25) is 0 Å². The molecule has 0 bridgehead atoms. The number of hydrogen-bond acceptors (Lipinski definition) is 15. The van der Waals surface area contributed by atoms with E-state index in [-0.39, 0.29) is 138 Å². The van der Waals surface area contributed by atoms with E-state index in [1.54, 1.807) is 40.7 Å². The summed E-state index contributed by atoms with van der Waals surface area (Å²) in [5, 5.41) is 18.3. The topological polar surface area (TPSA) is 373 Å². The maximum atomic E-state index is 15.4. The first-order valence-electron chi connectivity index (χ1n) is 29.1. The Labute approximate surface area is 535 Å². The smallest absolute Gasteiger partial charge is 0.269 e. The van der Waals surface area contributed by atoms with E-state index in [1.807, 2.05) is 41.5 Å². The number of ether oxygens (including phenoxy) is 3. The molecule has 0 fully saturated rings. The van der Waals surface area contributed by atoms with Crippen molar-refractivity contribution in [3.8, 4) is 34.3 Å². The molecule has 16 N–H and O–H groups in total. The van der Waals surface area contributed by atoms with Gasteiger partial charge in [-0.15, -0.1) is 0 Å². The van der Waals surface area contributed by atoms with Crippen LogP contribution in [0.3, 0.4) is 0 Å². The summed E-state index contributed by atoms with van der Waals surface area (Å²) in [4.78, 5) is 61.1. The van der Waals surface area contributed by atoms with Crippen molar-refractivity contribution in [2.45, 2.75) is 121 Å². The zero-order chi connectivity index (χ0) is 68.3. The van der Waals surface area contributed by atoms with Crippen LogP contribution in [0.5, 0.6) is 17.2 Å². The molecule has 8 aromatic rings. The molecule has 3 heterocycles. The Kier molecular flexibility index (Phi) is 24.8. The van der Waals surface area contributed by atoms with Gasteiger partial charge in [-0.3, -0.25) is 24.0 Å². The van der Waals surface area contributed by atoms with Crippen molar-refractivity contribution in [1.29, 1.82) is 0 Å². The number of rotatable bonds is 22. The molecule has 0 aliphatic rings. The van der Waals surface area contributed by atoms with Gasteiger partial charge in [0.25, 0.3) is 29.5 Å². The summed E-state index contributed by atoms with van der Waals surface area (Å²) >= 11 is 0. The van der Waals surface area contributed by atoms with E-state index in [0.717, 1.165) is 26.2 Å². The van der Waals surface area contributed by atoms with E-state index in [4.69, 9.17) is 54.3 Å². The van der Waals surface area contributed by atoms with Crippen LogP contribution in [0, 0.1) is 42.9 Å². The molecule has 93 heavy (non-hydrogen) atoms. The van der Waals surface area contributed by atoms with Gasteiger partial charge in [-0.1, -0.05) is 61.1 Å². The highest BCUT2D eigenvalue weighted by atomic mass is 19.1. The first-order chi connectivity index (χ1) is 43.4. The fraction of sp³-hybridized carbons (Fsp3) is 0.323. The minimum Gasteiger partial charge on any atom is -0.491 e. The van der Waals surface area contributed by atoms with Crippen molar-refractivity contribution < 1.29 is 60.1 Å². The second-order valence-corrected chi connectivity index (χ2v) is 21.8. The molecule has 23 nitrogen and oxygen atoms in total. The number of aromatic nitrogens is 6. The Morgan fingerprint density at radius 3 is 1.01 bits per heavy atom. The first-order valence-corrected chi connectivity index (χ1v) is 29.1. The highest BCUT2D eigenvalue weighted by Gasteiger charge is 2.30. The van der Waals surface area contributed by atoms with E-state index >= 15 is 8.78 Å². The van der Waals surface area contributed by atoms with E-state index < -0.39 is 58.6 Å². The van der Waals surface area contributed by atoms with E-state index in [9.17, 15) is 37.1 Å². The molecule has 5 aromatic carbocycles. The third-order valence-corrected chi connectivity index (χ3v) is 14.0. The average Bonchev–Trinajstić information content (AvgIpc) is 1.84. The number of hydrogen-bond donors (Lipinski definition) is 9. The predicted octanol–water partition coefficient (Wildman–Crippen LogP) is 9.49. The number of halogens is 5. The third-order valence-electron chi connectivity index (χ3n) is 14.0. The van der Waals surface area contributed by atoms with Crippen molar-refractivity contribution in [3.63, 3.8) is 0 Å². The highest BCUT2D eigenvalue weighted by molar-refractivity contribution is 6.00. The summed E-state index contributed by atoms with van der Waals surface area (Å²) < 4.78 is 92.5. The SMILES string of the molecule is C.CCOc1cc(CN)cc(F)c1-n1nc(C(C)C)c(N)c1C(N)=O.CCOc1cc(CNC(=O)c2cc(F)ccc2C)cc(F)c1-n1nc(C(C)C)c(N)c1C(N)=O.CCOc1cc(CNC(=O)c2cc(F)ccc2C)cc(F)c1-n1nc(C(C)C)c(N)c1C(N)=O. The lowest BCUT2D eigenvalue weighted by Gasteiger charge is -2.15. The minimum absolute atomic E-state index is 0. The summed E-state index contributed by atoms with van der Waals surface area (Å²) in [5.74, 6) is -6.66. The lowest BCUT2D eigenvalue weighted by molar-refractivity contribution is 0.0941. The predicted molar refractivity (Wildman–Crippen MR) is 344 cm³/mol. The highest BCUT2D eigenvalue weighted by Crippen LogP contribution is 2.37. The minimum atomic E-state index is -0.861. The molecule has 0 spiro atoms. The van der Waals surface area contributed by atoms with Gasteiger partial charge in [-0.25, -0.2) is 36.0 Å². The molecule has 8 rings (SSSR count). The van der Waals surface area contributed by atoms with E-state index in [0.29, 0.717) is 51.5 Å². The van der Waals surface area contributed by atoms with E-state index in [2.05, 4.69) is 25.9 Å². The Morgan fingerprint density at radius 1 is 0.473 bits per heavy atom. The number of nitrogens with zero attached hydrogens (tertiary/aromatic N) is 6. The zero-order valence-electron chi connectivity index (χ0n) is 52.8. The molecule has 0 saturated carbocycles. The molecule has 0 atom stereocenters. The lowest BCUT2D eigenvalue weighted by Crippen LogP contribution is -2.24. The van der Waals surface area contributed by atoms with Gasteiger partial charge < -0.3 is 65.0 Å².